The fourth-order valence-corrected chi connectivity index (χ4v) is 5.04. The number of aromatic nitrogens is 2. The third-order valence-corrected chi connectivity index (χ3v) is 6.69. The Balaban J connectivity index is 1.76. The van der Waals surface area contributed by atoms with E-state index >= 15 is 4.39 Å². The summed E-state index contributed by atoms with van der Waals surface area (Å²) in [6, 6.07) is 8.16. The molecule has 1 aromatic heterocycles. The molecule has 11 nitrogen and oxygen atoms in total. The first-order chi connectivity index (χ1) is 16.4. The van der Waals surface area contributed by atoms with Gasteiger partial charge < -0.3 is 19.0 Å². The Morgan fingerprint density at radius 2 is 1.97 bits per heavy atom. The van der Waals surface area contributed by atoms with Crippen LogP contribution in [0.5, 0.6) is 5.75 Å². The normalized spacial score (nSPS) is 24.6. The van der Waals surface area contributed by atoms with Gasteiger partial charge in [0.15, 0.2) is 11.9 Å². The molecule has 2 N–H and O–H groups in total. The molecule has 5 atom stereocenters. The Labute approximate surface area is 201 Å². The van der Waals surface area contributed by atoms with Crippen LogP contribution in [0.4, 0.5) is 4.39 Å². The zero-order valence-electron chi connectivity index (χ0n) is 19.8. The van der Waals surface area contributed by atoms with Crippen LogP contribution in [0.2, 0.25) is 0 Å². The Morgan fingerprint density at radius 1 is 1.29 bits per heavy atom. The fraction of sp³-hybridized carbons (Fsp3) is 0.500. The Morgan fingerprint density at radius 3 is 2.60 bits per heavy atom. The maximum absolute atomic E-state index is 15.3. The van der Waals surface area contributed by atoms with Crippen LogP contribution in [0.25, 0.3) is 0 Å². The SMILES string of the molecule is CC(C)OC(=O)[C@H](C)N[P@@](=O)(OC[C@H]1C[C@@](C)(F)[C@H](n2c(=O)cc[nH]c2=O)O1)Oc1ccccc1. The monoisotopic (exact) mass is 513 g/mol. The third-order valence-electron chi connectivity index (χ3n) is 5.04. The van der Waals surface area contributed by atoms with Crippen LogP contribution < -0.4 is 20.9 Å². The molecule has 1 aliphatic heterocycles. The number of hydrogen-bond donors (Lipinski definition) is 2. The summed E-state index contributed by atoms with van der Waals surface area (Å²) >= 11 is 0. The number of esters is 1. The summed E-state index contributed by atoms with van der Waals surface area (Å²) in [5.41, 5.74) is -3.66. The van der Waals surface area contributed by atoms with E-state index in [-0.39, 0.29) is 12.2 Å². The molecule has 2 aromatic rings. The summed E-state index contributed by atoms with van der Waals surface area (Å²) in [5, 5.41) is 2.53. The van der Waals surface area contributed by atoms with Gasteiger partial charge in [-0.2, -0.15) is 5.09 Å². The van der Waals surface area contributed by atoms with E-state index in [1.165, 1.54) is 13.8 Å². The lowest BCUT2D eigenvalue weighted by Gasteiger charge is -2.24. The van der Waals surface area contributed by atoms with E-state index < -0.39 is 61.7 Å². The predicted molar refractivity (Wildman–Crippen MR) is 124 cm³/mol. The van der Waals surface area contributed by atoms with Crippen molar-refractivity contribution < 1.29 is 32.3 Å². The molecule has 1 aliphatic rings. The second-order valence-corrected chi connectivity index (χ2v) is 10.3. The van der Waals surface area contributed by atoms with Crippen molar-refractivity contribution in [3.63, 3.8) is 0 Å². The number of carbonyl (C=O) groups is 1. The number of ether oxygens (including phenoxy) is 2. The molecular formula is C22H29FN3O8P. The van der Waals surface area contributed by atoms with Gasteiger partial charge in [0.25, 0.3) is 5.56 Å². The average molecular weight is 513 g/mol. The van der Waals surface area contributed by atoms with Crippen LogP contribution in [0.15, 0.2) is 52.2 Å². The van der Waals surface area contributed by atoms with E-state index in [2.05, 4.69) is 10.1 Å². The van der Waals surface area contributed by atoms with Gasteiger partial charge in [-0.05, 0) is 39.8 Å². The highest BCUT2D eigenvalue weighted by Crippen LogP contribution is 2.47. The van der Waals surface area contributed by atoms with Crippen molar-refractivity contribution in [1.29, 1.82) is 0 Å². The Kier molecular flexibility index (Phi) is 8.32. The smallest absolute Gasteiger partial charge is 0.459 e. The summed E-state index contributed by atoms with van der Waals surface area (Å²) < 4.78 is 51.3. The molecule has 1 saturated heterocycles. The summed E-state index contributed by atoms with van der Waals surface area (Å²) in [6.45, 7) is 5.56. The molecule has 0 amide bonds. The highest BCUT2D eigenvalue weighted by molar-refractivity contribution is 7.52. The van der Waals surface area contributed by atoms with Gasteiger partial charge >= 0.3 is 19.4 Å². The van der Waals surface area contributed by atoms with Crippen LogP contribution in [0.1, 0.15) is 40.3 Å². The molecule has 0 aliphatic carbocycles. The van der Waals surface area contributed by atoms with Crippen molar-refractivity contribution in [2.24, 2.45) is 0 Å². The molecule has 0 unspecified atom stereocenters. The van der Waals surface area contributed by atoms with Crippen LogP contribution in [0, 0.1) is 0 Å². The molecule has 1 aromatic carbocycles. The van der Waals surface area contributed by atoms with Gasteiger partial charge in [0.1, 0.15) is 11.8 Å². The maximum atomic E-state index is 15.3. The lowest BCUT2D eigenvalue weighted by atomic mass is 10.0. The van der Waals surface area contributed by atoms with E-state index in [1.807, 2.05) is 0 Å². The first-order valence-corrected chi connectivity index (χ1v) is 12.6. The lowest BCUT2D eigenvalue weighted by molar-refractivity contribution is -0.149. The molecular weight excluding hydrogens is 484 g/mol. The number of alkyl halides is 1. The second kappa shape index (κ2) is 10.9. The predicted octanol–water partition coefficient (Wildman–Crippen LogP) is 2.69. The number of para-hydroxylation sites is 1. The first kappa shape index (κ1) is 26.8. The van der Waals surface area contributed by atoms with E-state index in [0.29, 0.717) is 4.57 Å². The highest BCUT2D eigenvalue weighted by Gasteiger charge is 2.49. The van der Waals surface area contributed by atoms with Gasteiger partial charge in [-0.25, -0.2) is 18.3 Å². The maximum Gasteiger partial charge on any atom is 0.459 e. The zero-order valence-corrected chi connectivity index (χ0v) is 20.7. The average Bonchev–Trinajstić information content (AvgIpc) is 3.06. The van der Waals surface area contributed by atoms with Crippen molar-refractivity contribution in [3.05, 3.63) is 63.4 Å². The van der Waals surface area contributed by atoms with Crippen molar-refractivity contribution in [3.8, 4) is 5.75 Å². The summed E-state index contributed by atoms with van der Waals surface area (Å²) in [6.07, 6.45) is -1.99. The third kappa shape index (κ3) is 6.88. The number of H-pyrrole nitrogens is 1. The molecule has 0 spiro atoms. The fourth-order valence-electron chi connectivity index (χ4n) is 3.52. The summed E-state index contributed by atoms with van der Waals surface area (Å²) in [5.74, 6) is -0.465. The molecule has 0 saturated carbocycles. The van der Waals surface area contributed by atoms with Crippen LogP contribution in [-0.2, 0) is 23.4 Å². The largest absolute Gasteiger partial charge is 0.462 e. The number of halogens is 1. The number of nitrogens with one attached hydrogen (secondary N) is 2. The van der Waals surface area contributed by atoms with Crippen molar-refractivity contribution in [1.82, 2.24) is 14.6 Å². The van der Waals surface area contributed by atoms with Gasteiger partial charge in [0.05, 0.1) is 18.8 Å². The van der Waals surface area contributed by atoms with E-state index in [9.17, 15) is 18.9 Å². The van der Waals surface area contributed by atoms with Crippen LogP contribution in [0.3, 0.4) is 0 Å². The van der Waals surface area contributed by atoms with Gasteiger partial charge in [0.2, 0.25) is 0 Å². The number of benzene rings is 1. The number of carbonyl (C=O) groups excluding carboxylic acids is 1. The standard InChI is InChI=1S/C22H29FN3O8P/c1-14(2)32-19(28)15(3)25-35(30,34-16-8-6-5-7-9-16)31-13-17-12-22(4,23)20(33-17)26-18(27)10-11-24-21(26)29/h5-11,14-15,17,20H,12-13H2,1-4H3,(H,24,29)(H,25,30)/t15-,17+,20+,22+,35+/m0/s1. The highest BCUT2D eigenvalue weighted by atomic mass is 31.2. The van der Waals surface area contributed by atoms with Gasteiger partial charge in [-0.15, -0.1) is 0 Å². The summed E-state index contributed by atoms with van der Waals surface area (Å²) in [4.78, 5) is 38.8. The second-order valence-electron chi connectivity index (χ2n) is 8.62. The minimum Gasteiger partial charge on any atom is -0.462 e. The quantitative estimate of drug-likeness (QED) is 0.363. The van der Waals surface area contributed by atoms with Gasteiger partial charge in [0, 0.05) is 18.7 Å². The molecule has 192 valence electrons. The van der Waals surface area contributed by atoms with Gasteiger partial charge in [-0.3, -0.25) is 14.1 Å². The number of rotatable bonds is 10. The number of hydrogen-bond acceptors (Lipinski definition) is 8. The van der Waals surface area contributed by atoms with Crippen molar-refractivity contribution in [2.75, 3.05) is 6.61 Å². The van der Waals surface area contributed by atoms with E-state index in [0.717, 1.165) is 12.3 Å². The summed E-state index contributed by atoms with van der Waals surface area (Å²) in [7, 11) is -4.19. The molecule has 1 fully saturated rings. The van der Waals surface area contributed by atoms with E-state index in [4.69, 9.17) is 18.5 Å². The lowest BCUT2D eigenvalue weighted by Crippen LogP contribution is -2.43. The van der Waals surface area contributed by atoms with Crippen molar-refractivity contribution >= 4 is 13.7 Å². The minimum absolute atomic E-state index is 0.204. The molecule has 3 rings (SSSR count). The topological polar surface area (TPSA) is 138 Å². The Hall–Kier alpha value is -2.79. The van der Waals surface area contributed by atoms with Gasteiger partial charge in [-0.1, -0.05) is 18.2 Å². The van der Waals surface area contributed by atoms with Crippen LogP contribution >= 0.6 is 7.75 Å². The van der Waals surface area contributed by atoms with Crippen molar-refractivity contribution in [2.45, 2.75) is 64.3 Å². The molecule has 13 heteroatoms. The molecule has 0 bridgehead atoms. The molecule has 2 heterocycles. The Bertz CT molecular complexity index is 1150. The zero-order chi connectivity index (χ0) is 25.8. The van der Waals surface area contributed by atoms with Crippen LogP contribution in [-0.4, -0.2) is 46.0 Å². The number of aromatic amines is 1. The first-order valence-electron chi connectivity index (χ1n) is 11.0. The number of nitrogens with zero attached hydrogens (tertiary/aromatic N) is 1. The minimum atomic E-state index is -4.19. The molecule has 0 radical (unpaired) electrons. The molecule has 35 heavy (non-hydrogen) atoms. The van der Waals surface area contributed by atoms with E-state index in [1.54, 1.807) is 44.2 Å².